The van der Waals surface area contributed by atoms with Gasteiger partial charge in [0.25, 0.3) is 0 Å². The molecule has 0 aliphatic rings. The second-order valence-corrected chi connectivity index (χ2v) is 4.37. The predicted octanol–water partition coefficient (Wildman–Crippen LogP) is 2.24. The third kappa shape index (κ3) is 2.31. The maximum absolute atomic E-state index is 11.7. The van der Waals surface area contributed by atoms with E-state index in [1.165, 1.54) is 0 Å². The van der Waals surface area contributed by atoms with Crippen LogP contribution in [0, 0.1) is 5.41 Å². The van der Waals surface area contributed by atoms with Gasteiger partial charge in [-0.05, 0) is 0 Å². The molecule has 0 spiro atoms. The molecule has 0 amide bonds. The summed E-state index contributed by atoms with van der Waals surface area (Å²) in [6.45, 7) is 5.55. The van der Waals surface area contributed by atoms with Crippen LogP contribution in [0.5, 0.6) is 0 Å². The third-order valence-corrected chi connectivity index (χ3v) is 2.17. The molecule has 0 radical (unpaired) electrons. The van der Waals surface area contributed by atoms with Crippen LogP contribution in [0.2, 0.25) is 0 Å². The van der Waals surface area contributed by atoms with E-state index in [1.807, 2.05) is 20.8 Å². The van der Waals surface area contributed by atoms with Crippen molar-refractivity contribution in [3.8, 4) is 0 Å². The van der Waals surface area contributed by atoms with E-state index < -0.39 is 10.9 Å². The quantitative estimate of drug-likeness (QED) is 0.687. The molecule has 1 aromatic rings. The summed E-state index contributed by atoms with van der Waals surface area (Å²) in [4.78, 5) is 15.5. The Kier molecular flexibility index (Phi) is 2.76. The zero-order chi connectivity index (χ0) is 10.1. The first-order valence-electron chi connectivity index (χ1n) is 4.09. The molecule has 1 atom stereocenters. The Morgan fingerprint density at radius 2 is 2.15 bits per heavy atom. The van der Waals surface area contributed by atoms with Crippen molar-refractivity contribution in [2.45, 2.75) is 26.3 Å². The molecule has 0 aliphatic carbocycles. The van der Waals surface area contributed by atoms with Crippen molar-refractivity contribution >= 4 is 17.4 Å². The number of imidazole rings is 1. The standard InChI is InChI=1S/C9H13ClN2O/c1-9(2,3)7(13)8(10)12-5-4-11-6-12/h4-6,8H,1-3H3. The molecule has 0 N–H and O–H groups in total. The Bertz CT molecular complexity index is 287. The van der Waals surface area contributed by atoms with Gasteiger partial charge >= 0.3 is 0 Å². The van der Waals surface area contributed by atoms with Crippen LogP contribution < -0.4 is 0 Å². The van der Waals surface area contributed by atoms with Crippen molar-refractivity contribution in [1.82, 2.24) is 9.55 Å². The molecular weight excluding hydrogens is 188 g/mol. The van der Waals surface area contributed by atoms with Gasteiger partial charge in [0.1, 0.15) is 0 Å². The fraction of sp³-hybridized carbons (Fsp3) is 0.556. The first-order valence-corrected chi connectivity index (χ1v) is 4.52. The Balaban J connectivity index is 2.81. The highest BCUT2D eigenvalue weighted by atomic mass is 35.5. The number of carbonyl (C=O) groups excluding carboxylic acids is 1. The molecule has 4 heteroatoms. The highest BCUT2D eigenvalue weighted by molar-refractivity contribution is 6.29. The summed E-state index contributed by atoms with van der Waals surface area (Å²) in [6, 6.07) is 0. The van der Waals surface area contributed by atoms with Crippen LogP contribution in [0.1, 0.15) is 26.3 Å². The van der Waals surface area contributed by atoms with E-state index in [-0.39, 0.29) is 5.78 Å². The SMILES string of the molecule is CC(C)(C)C(=O)C(Cl)n1ccnc1. The van der Waals surface area contributed by atoms with Crippen LogP contribution in [-0.2, 0) is 4.79 Å². The lowest BCUT2D eigenvalue weighted by atomic mass is 9.90. The molecular formula is C9H13ClN2O. The van der Waals surface area contributed by atoms with Crippen LogP contribution in [0.4, 0.5) is 0 Å². The normalized spacial score (nSPS) is 14.2. The summed E-state index contributed by atoms with van der Waals surface area (Å²) in [6.07, 6.45) is 4.83. The Labute approximate surface area is 82.7 Å². The van der Waals surface area contributed by atoms with Crippen molar-refractivity contribution in [1.29, 1.82) is 0 Å². The summed E-state index contributed by atoms with van der Waals surface area (Å²) in [5.74, 6) is -0.00725. The van der Waals surface area contributed by atoms with Gasteiger partial charge in [-0.3, -0.25) is 4.79 Å². The number of carbonyl (C=O) groups is 1. The van der Waals surface area contributed by atoms with Crippen LogP contribution in [-0.4, -0.2) is 15.3 Å². The molecule has 3 nitrogen and oxygen atoms in total. The summed E-state index contributed by atoms with van der Waals surface area (Å²) in [7, 11) is 0. The molecule has 1 unspecified atom stereocenters. The van der Waals surface area contributed by atoms with Crippen molar-refractivity contribution in [2.75, 3.05) is 0 Å². The number of nitrogens with zero attached hydrogens (tertiary/aromatic N) is 2. The Morgan fingerprint density at radius 1 is 1.54 bits per heavy atom. The van der Waals surface area contributed by atoms with Crippen LogP contribution >= 0.6 is 11.6 Å². The summed E-state index contributed by atoms with van der Waals surface area (Å²) < 4.78 is 1.59. The molecule has 0 bridgehead atoms. The first kappa shape index (κ1) is 10.3. The number of aromatic nitrogens is 2. The lowest BCUT2D eigenvalue weighted by Crippen LogP contribution is -2.26. The zero-order valence-electron chi connectivity index (χ0n) is 7.99. The van der Waals surface area contributed by atoms with Gasteiger partial charge in [0.05, 0.1) is 6.33 Å². The minimum absolute atomic E-state index is 0.00725. The monoisotopic (exact) mass is 200 g/mol. The minimum atomic E-state index is -0.650. The first-order chi connectivity index (χ1) is 5.93. The van der Waals surface area contributed by atoms with Gasteiger partial charge in [0.2, 0.25) is 0 Å². The van der Waals surface area contributed by atoms with Gasteiger partial charge in [-0.2, -0.15) is 0 Å². The van der Waals surface area contributed by atoms with Crippen molar-refractivity contribution in [2.24, 2.45) is 5.41 Å². The molecule has 1 aromatic heterocycles. The largest absolute Gasteiger partial charge is 0.314 e. The number of halogens is 1. The van der Waals surface area contributed by atoms with Crippen molar-refractivity contribution in [3.05, 3.63) is 18.7 Å². The molecule has 0 fully saturated rings. The molecule has 1 rings (SSSR count). The van der Waals surface area contributed by atoms with Crippen LogP contribution in [0.25, 0.3) is 0 Å². The molecule has 72 valence electrons. The minimum Gasteiger partial charge on any atom is -0.314 e. The van der Waals surface area contributed by atoms with Crippen molar-refractivity contribution < 1.29 is 4.79 Å². The van der Waals surface area contributed by atoms with Crippen LogP contribution in [0.15, 0.2) is 18.7 Å². The van der Waals surface area contributed by atoms with Gasteiger partial charge in [-0.25, -0.2) is 4.98 Å². The van der Waals surface area contributed by atoms with E-state index in [9.17, 15) is 4.79 Å². The molecule has 0 saturated heterocycles. The van der Waals surface area contributed by atoms with E-state index in [2.05, 4.69) is 4.98 Å². The van der Waals surface area contributed by atoms with E-state index in [0.29, 0.717) is 0 Å². The predicted molar refractivity (Wildman–Crippen MR) is 51.6 cm³/mol. The lowest BCUT2D eigenvalue weighted by Gasteiger charge is -2.20. The highest BCUT2D eigenvalue weighted by Gasteiger charge is 2.28. The van der Waals surface area contributed by atoms with Gasteiger partial charge in [0.15, 0.2) is 11.3 Å². The maximum Gasteiger partial charge on any atom is 0.176 e. The smallest absolute Gasteiger partial charge is 0.176 e. The second kappa shape index (κ2) is 3.50. The number of hydrogen-bond acceptors (Lipinski definition) is 2. The van der Waals surface area contributed by atoms with Gasteiger partial charge in [0, 0.05) is 17.8 Å². The van der Waals surface area contributed by atoms with Gasteiger partial charge < -0.3 is 4.57 Å². The summed E-state index contributed by atoms with van der Waals surface area (Å²) in [5.41, 5.74) is -1.07. The van der Waals surface area contributed by atoms with E-state index in [4.69, 9.17) is 11.6 Å². The number of Topliss-reactive ketones (excluding diaryl/α,β-unsaturated/α-hetero) is 1. The zero-order valence-corrected chi connectivity index (χ0v) is 8.75. The van der Waals surface area contributed by atoms with E-state index >= 15 is 0 Å². The van der Waals surface area contributed by atoms with Gasteiger partial charge in [-0.15, -0.1) is 0 Å². The Morgan fingerprint density at radius 3 is 2.54 bits per heavy atom. The summed E-state index contributed by atoms with van der Waals surface area (Å²) in [5, 5.41) is 0. The number of ketones is 1. The lowest BCUT2D eigenvalue weighted by molar-refractivity contribution is -0.127. The topological polar surface area (TPSA) is 34.9 Å². The molecule has 13 heavy (non-hydrogen) atoms. The van der Waals surface area contributed by atoms with E-state index in [1.54, 1.807) is 23.3 Å². The maximum atomic E-state index is 11.7. The van der Waals surface area contributed by atoms with Crippen LogP contribution in [0.3, 0.4) is 0 Å². The average molecular weight is 201 g/mol. The van der Waals surface area contributed by atoms with Gasteiger partial charge in [-0.1, -0.05) is 32.4 Å². The third-order valence-electron chi connectivity index (χ3n) is 1.74. The number of rotatable bonds is 2. The highest BCUT2D eigenvalue weighted by Crippen LogP contribution is 2.25. The fourth-order valence-corrected chi connectivity index (χ4v) is 1.34. The Hall–Kier alpha value is -0.830. The summed E-state index contributed by atoms with van der Waals surface area (Å²) >= 11 is 5.96. The van der Waals surface area contributed by atoms with Crippen molar-refractivity contribution in [3.63, 3.8) is 0 Å². The average Bonchev–Trinajstić information content (AvgIpc) is 2.51. The van der Waals surface area contributed by atoms with E-state index in [0.717, 1.165) is 0 Å². The fourth-order valence-electron chi connectivity index (χ4n) is 0.896. The molecule has 1 heterocycles. The molecule has 0 saturated carbocycles. The number of hydrogen-bond donors (Lipinski definition) is 0. The molecule has 0 aliphatic heterocycles. The molecule has 0 aromatic carbocycles. The number of alkyl halides is 1. The second-order valence-electron chi connectivity index (χ2n) is 3.96.